The zero-order valence-corrected chi connectivity index (χ0v) is 12.9. The van der Waals surface area contributed by atoms with Gasteiger partial charge in [0.15, 0.2) is 0 Å². The summed E-state index contributed by atoms with van der Waals surface area (Å²) < 4.78 is 0. The van der Waals surface area contributed by atoms with Crippen LogP contribution in [0.15, 0.2) is 29.4 Å². The van der Waals surface area contributed by atoms with Crippen LogP contribution in [0.4, 0.5) is 11.4 Å². The van der Waals surface area contributed by atoms with Gasteiger partial charge in [-0.15, -0.1) is 0 Å². The van der Waals surface area contributed by atoms with Gasteiger partial charge in [0.1, 0.15) is 5.69 Å². The van der Waals surface area contributed by atoms with Crippen molar-refractivity contribution in [1.29, 1.82) is 0 Å². The third-order valence-corrected chi connectivity index (χ3v) is 4.22. The molecule has 0 unspecified atom stereocenters. The summed E-state index contributed by atoms with van der Waals surface area (Å²) in [6, 6.07) is 6.60. The highest BCUT2D eigenvalue weighted by Gasteiger charge is 2.28. The van der Waals surface area contributed by atoms with E-state index in [1.54, 1.807) is 18.2 Å². The summed E-state index contributed by atoms with van der Waals surface area (Å²) >= 11 is 0. The lowest BCUT2D eigenvalue weighted by molar-refractivity contribution is -0.384. The number of hydrazone groups is 1. The number of para-hydroxylation sites is 2. The Hall–Kier alpha value is -1.91. The standard InChI is InChI=1S/C16H23N3O2/c1-16(2,3)12-8-10-13(11-9-12)17-18-14-6-4-5-7-15(14)19(20)21/h4-7,12,18H,8-11H2,1-3H3. The smallest absolute Gasteiger partial charge is 0.272 e. The molecule has 0 amide bonds. The molecule has 0 aromatic heterocycles. The van der Waals surface area contributed by atoms with Gasteiger partial charge in [-0.25, -0.2) is 0 Å². The fourth-order valence-corrected chi connectivity index (χ4v) is 2.80. The summed E-state index contributed by atoms with van der Waals surface area (Å²) in [5, 5.41) is 15.3. The highest BCUT2D eigenvalue weighted by Crippen LogP contribution is 2.37. The Kier molecular flexibility index (Phi) is 4.60. The molecule has 114 valence electrons. The number of nitro benzene ring substituents is 1. The van der Waals surface area contributed by atoms with Gasteiger partial charge >= 0.3 is 0 Å². The van der Waals surface area contributed by atoms with E-state index in [1.165, 1.54) is 6.07 Å². The lowest BCUT2D eigenvalue weighted by atomic mass is 9.72. The maximum atomic E-state index is 10.9. The van der Waals surface area contributed by atoms with Crippen LogP contribution < -0.4 is 5.43 Å². The van der Waals surface area contributed by atoms with Gasteiger partial charge in [0.05, 0.1) is 4.92 Å². The van der Waals surface area contributed by atoms with E-state index in [2.05, 4.69) is 31.3 Å². The average molecular weight is 289 g/mol. The fraction of sp³-hybridized carbons (Fsp3) is 0.562. The maximum Gasteiger partial charge on any atom is 0.294 e. The molecule has 1 aliphatic carbocycles. The predicted molar refractivity (Wildman–Crippen MR) is 85.6 cm³/mol. The van der Waals surface area contributed by atoms with Crippen LogP contribution in [-0.4, -0.2) is 10.6 Å². The Labute approximate surface area is 125 Å². The van der Waals surface area contributed by atoms with Crippen LogP contribution in [-0.2, 0) is 0 Å². The Balaban J connectivity index is 1.99. The van der Waals surface area contributed by atoms with E-state index >= 15 is 0 Å². The molecule has 1 aromatic carbocycles. The number of nitrogens with one attached hydrogen (secondary N) is 1. The van der Waals surface area contributed by atoms with Crippen LogP contribution in [0.2, 0.25) is 0 Å². The first-order chi connectivity index (χ1) is 9.88. The summed E-state index contributed by atoms with van der Waals surface area (Å²) in [4.78, 5) is 10.6. The van der Waals surface area contributed by atoms with Gasteiger partial charge in [0.25, 0.3) is 5.69 Å². The van der Waals surface area contributed by atoms with E-state index < -0.39 is 0 Å². The molecular formula is C16H23N3O2. The van der Waals surface area contributed by atoms with E-state index in [0.29, 0.717) is 11.1 Å². The number of nitrogens with zero attached hydrogens (tertiary/aromatic N) is 2. The third kappa shape index (κ3) is 4.03. The molecule has 5 nitrogen and oxygen atoms in total. The van der Waals surface area contributed by atoms with Crippen molar-refractivity contribution in [2.75, 3.05) is 5.43 Å². The Morgan fingerprint density at radius 3 is 2.43 bits per heavy atom. The zero-order valence-electron chi connectivity index (χ0n) is 12.9. The van der Waals surface area contributed by atoms with Gasteiger partial charge in [-0.05, 0) is 43.1 Å². The number of nitro groups is 1. The van der Waals surface area contributed by atoms with Crippen LogP contribution in [0.3, 0.4) is 0 Å². The van der Waals surface area contributed by atoms with Gasteiger partial charge in [-0.1, -0.05) is 32.9 Å². The molecule has 1 fully saturated rings. The SMILES string of the molecule is CC(C)(C)C1CCC(=NNc2ccccc2[N+](=O)[O-])CC1. The highest BCUT2D eigenvalue weighted by molar-refractivity contribution is 5.86. The van der Waals surface area contributed by atoms with Crippen molar-refractivity contribution in [1.82, 2.24) is 0 Å². The monoisotopic (exact) mass is 289 g/mol. The van der Waals surface area contributed by atoms with Crippen molar-refractivity contribution in [3.8, 4) is 0 Å². The van der Waals surface area contributed by atoms with Crippen LogP contribution in [0.1, 0.15) is 46.5 Å². The quantitative estimate of drug-likeness (QED) is 0.653. The van der Waals surface area contributed by atoms with Crippen LogP contribution in [0.5, 0.6) is 0 Å². The molecule has 1 saturated carbocycles. The lowest BCUT2D eigenvalue weighted by Gasteiger charge is -2.34. The van der Waals surface area contributed by atoms with E-state index in [1.807, 2.05) is 0 Å². The van der Waals surface area contributed by atoms with Gasteiger partial charge in [-0.3, -0.25) is 15.5 Å². The first-order valence-corrected chi connectivity index (χ1v) is 7.43. The largest absolute Gasteiger partial charge is 0.294 e. The molecule has 0 atom stereocenters. The van der Waals surface area contributed by atoms with E-state index in [9.17, 15) is 10.1 Å². The minimum atomic E-state index is -0.390. The molecule has 21 heavy (non-hydrogen) atoms. The highest BCUT2D eigenvalue weighted by atomic mass is 16.6. The van der Waals surface area contributed by atoms with E-state index in [-0.39, 0.29) is 10.6 Å². The van der Waals surface area contributed by atoms with Crippen molar-refractivity contribution in [2.24, 2.45) is 16.4 Å². The topological polar surface area (TPSA) is 67.5 Å². The van der Waals surface area contributed by atoms with E-state index in [0.717, 1.165) is 37.3 Å². The molecule has 0 saturated heterocycles. The second-order valence-electron chi connectivity index (χ2n) is 6.70. The number of rotatable bonds is 3. The average Bonchev–Trinajstić information content (AvgIpc) is 2.45. The minimum absolute atomic E-state index is 0.0604. The van der Waals surface area contributed by atoms with Crippen LogP contribution in [0.25, 0.3) is 0 Å². The Morgan fingerprint density at radius 2 is 1.86 bits per heavy atom. The zero-order chi connectivity index (χ0) is 15.5. The van der Waals surface area contributed by atoms with Gasteiger partial charge in [0.2, 0.25) is 0 Å². The molecule has 0 spiro atoms. The second kappa shape index (κ2) is 6.24. The molecule has 0 heterocycles. The molecule has 1 aliphatic rings. The van der Waals surface area contributed by atoms with Crippen LogP contribution >= 0.6 is 0 Å². The Morgan fingerprint density at radius 1 is 1.24 bits per heavy atom. The molecule has 0 bridgehead atoms. The third-order valence-electron chi connectivity index (χ3n) is 4.22. The van der Waals surface area contributed by atoms with Crippen LogP contribution in [0, 0.1) is 21.4 Å². The predicted octanol–water partition coefficient (Wildman–Crippen LogP) is 4.60. The summed E-state index contributed by atoms with van der Waals surface area (Å²) in [5.74, 6) is 0.725. The molecule has 0 radical (unpaired) electrons. The van der Waals surface area contributed by atoms with Gasteiger partial charge < -0.3 is 0 Å². The lowest BCUT2D eigenvalue weighted by Crippen LogP contribution is -2.26. The van der Waals surface area contributed by atoms with Gasteiger partial charge in [0, 0.05) is 11.8 Å². The number of hydrogen-bond acceptors (Lipinski definition) is 4. The molecule has 2 rings (SSSR count). The molecule has 1 N–H and O–H groups in total. The van der Waals surface area contributed by atoms with Crippen molar-refractivity contribution < 1.29 is 4.92 Å². The fourth-order valence-electron chi connectivity index (χ4n) is 2.80. The van der Waals surface area contributed by atoms with Crippen molar-refractivity contribution in [3.05, 3.63) is 34.4 Å². The minimum Gasteiger partial charge on any atom is -0.272 e. The summed E-state index contributed by atoms with van der Waals surface area (Å²) in [5.41, 5.74) is 4.83. The molecule has 0 aliphatic heterocycles. The Bertz CT molecular complexity index is 537. The molecule has 1 aromatic rings. The first kappa shape index (κ1) is 15.5. The first-order valence-electron chi connectivity index (χ1n) is 7.43. The second-order valence-corrected chi connectivity index (χ2v) is 6.70. The molecule has 5 heteroatoms. The van der Waals surface area contributed by atoms with Crippen molar-refractivity contribution in [3.63, 3.8) is 0 Å². The van der Waals surface area contributed by atoms with Gasteiger partial charge in [-0.2, -0.15) is 5.10 Å². The van der Waals surface area contributed by atoms with E-state index in [4.69, 9.17) is 0 Å². The number of hydrogen-bond donors (Lipinski definition) is 1. The molecular weight excluding hydrogens is 266 g/mol. The number of anilines is 1. The number of benzene rings is 1. The van der Waals surface area contributed by atoms with Crippen molar-refractivity contribution in [2.45, 2.75) is 46.5 Å². The maximum absolute atomic E-state index is 10.9. The summed E-state index contributed by atoms with van der Waals surface area (Å²) in [6.45, 7) is 6.85. The summed E-state index contributed by atoms with van der Waals surface area (Å²) in [7, 11) is 0. The summed E-state index contributed by atoms with van der Waals surface area (Å²) in [6.07, 6.45) is 4.22. The van der Waals surface area contributed by atoms with Crippen molar-refractivity contribution >= 4 is 17.1 Å². The normalized spacial score (nSPS) is 19.2.